The van der Waals surface area contributed by atoms with E-state index in [0.29, 0.717) is 40.3 Å². The summed E-state index contributed by atoms with van der Waals surface area (Å²) in [5.74, 6) is -0.816. The normalized spacial score (nSPS) is 11.1. The zero-order valence-corrected chi connectivity index (χ0v) is 20.9. The summed E-state index contributed by atoms with van der Waals surface area (Å²) in [6, 6.07) is 19.5. The van der Waals surface area contributed by atoms with E-state index < -0.39 is 11.9 Å². The minimum absolute atomic E-state index is 0.262. The van der Waals surface area contributed by atoms with Crippen molar-refractivity contribution < 1.29 is 24.2 Å². The standard InChI is InChI=1S/C25H21Br2NO5/c1-2-32-22-14-17(12-20(27)23(22)33-15-16-8-10-19(26)11-9-16)13-21(25(30)31)28-24(29)18-6-4-3-5-7-18/h3-14H,2,15H2,1H3,(H,28,29)(H,30,31)/b21-13+. The quantitative estimate of drug-likeness (QED) is 0.304. The number of rotatable bonds is 9. The van der Waals surface area contributed by atoms with Gasteiger partial charge in [0.2, 0.25) is 0 Å². The minimum atomic E-state index is -1.26. The molecule has 0 heterocycles. The number of carboxylic acids is 1. The molecule has 0 aliphatic heterocycles. The van der Waals surface area contributed by atoms with E-state index in [0.717, 1.165) is 10.0 Å². The number of nitrogens with one attached hydrogen (secondary N) is 1. The molecule has 0 radical (unpaired) electrons. The molecule has 1 amide bonds. The van der Waals surface area contributed by atoms with Crippen molar-refractivity contribution in [3.63, 3.8) is 0 Å². The van der Waals surface area contributed by atoms with E-state index >= 15 is 0 Å². The summed E-state index contributed by atoms with van der Waals surface area (Å²) in [6.45, 7) is 2.57. The Morgan fingerprint density at radius 2 is 1.70 bits per heavy atom. The average Bonchev–Trinajstić information content (AvgIpc) is 2.80. The number of ether oxygens (including phenoxy) is 2. The highest BCUT2D eigenvalue weighted by Gasteiger charge is 2.16. The van der Waals surface area contributed by atoms with E-state index in [-0.39, 0.29) is 5.70 Å². The van der Waals surface area contributed by atoms with Gasteiger partial charge in [-0.3, -0.25) is 4.79 Å². The molecule has 6 nitrogen and oxygen atoms in total. The van der Waals surface area contributed by atoms with Gasteiger partial charge in [-0.25, -0.2) is 4.79 Å². The molecule has 0 fully saturated rings. The first-order valence-electron chi connectivity index (χ1n) is 10.0. The van der Waals surface area contributed by atoms with Crippen LogP contribution in [0.15, 0.2) is 81.4 Å². The molecule has 8 heteroatoms. The lowest BCUT2D eigenvalue weighted by Crippen LogP contribution is -2.27. The molecule has 0 saturated carbocycles. The van der Waals surface area contributed by atoms with E-state index in [1.165, 1.54) is 6.08 Å². The lowest BCUT2D eigenvalue weighted by Gasteiger charge is -2.15. The maximum atomic E-state index is 12.4. The second-order valence-electron chi connectivity index (χ2n) is 6.86. The van der Waals surface area contributed by atoms with Crippen LogP contribution in [0.4, 0.5) is 0 Å². The Bertz CT molecular complexity index is 1160. The van der Waals surface area contributed by atoms with Crippen molar-refractivity contribution in [1.82, 2.24) is 5.32 Å². The van der Waals surface area contributed by atoms with E-state index in [1.807, 2.05) is 31.2 Å². The maximum Gasteiger partial charge on any atom is 0.352 e. The summed E-state index contributed by atoms with van der Waals surface area (Å²) in [6.07, 6.45) is 1.37. The Morgan fingerprint density at radius 3 is 2.33 bits per heavy atom. The van der Waals surface area contributed by atoms with Gasteiger partial charge in [0.15, 0.2) is 11.5 Å². The summed E-state index contributed by atoms with van der Waals surface area (Å²) >= 11 is 6.90. The third-order valence-electron chi connectivity index (χ3n) is 4.45. The zero-order valence-electron chi connectivity index (χ0n) is 17.7. The fourth-order valence-corrected chi connectivity index (χ4v) is 3.75. The van der Waals surface area contributed by atoms with Gasteiger partial charge in [0.05, 0.1) is 11.1 Å². The summed E-state index contributed by atoms with van der Waals surface area (Å²) in [4.78, 5) is 24.2. The molecule has 0 spiro atoms. The smallest absolute Gasteiger partial charge is 0.352 e. The number of hydrogen-bond acceptors (Lipinski definition) is 4. The number of carbonyl (C=O) groups excluding carboxylic acids is 1. The van der Waals surface area contributed by atoms with Crippen molar-refractivity contribution in [3.05, 3.63) is 98.1 Å². The molecule has 33 heavy (non-hydrogen) atoms. The molecule has 0 atom stereocenters. The molecular weight excluding hydrogens is 554 g/mol. The number of benzene rings is 3. The van der Waals surface area contributed by atoms with Crippen molar-refractivity contribution in [2.45, 2.75) is 13.5 Å². The lowest BCUT2D eigenvalue weighted by molar-refractivity contribution is -0.132. The van der Waals surface area contributed by atoms with Crippen LogP contribution in [0.2, 0.25) is 0 Å². The molecule has 3 aromatic rings. The number of amides is 1. The summed E-state index contributed by atoms with van der Waals surface area (Å²) in [5, 5.41) is 12.1. The molecule has 0 unspecified atom stereocenters. The van der Waals surface area contributed by atoms with Crippen LogP contribution in [0.3, 0.4) is 0 Å². The Balaban J connectivity index is 1.86. The minimum Gasteiger partial charge on any atom is -0.490 e. The highest BCUT2D eigenvalue weighted by atomic mass is 79.9. The van der Waals surface area contributed by atoms with Crippen molar-refractivity contribution in [2.75, 3.05) is 6.61 Å². The molecule has 0 aromatic heterocycles. The third kappa shape index (κ3) is 6.94. The molecule has 2 N–H and O–H groups in total. The second kappa shape index (κ2) is 11.7. The molecule has 170 valence electrons. The van der Waals surface area contributed by atoms with E-state index in [9.17, 15) is 14.7 Å². The van der Waals surface area contributed by atoms with Crippen molar-refractivity contribution in [2.24, 2.45) is 0 Å². The Hall–Kier alpha value is -3.10. The summed E-state index contributed by atoms with van der Waals surface area (Å²) in [7, 11) is 0. The van der Waals surface area contributed by atoms with E-state index in [2.05, 4.69) is 37.2 Å². The maximum absolute atomic E-state index is 12.4. The van der Waals surface area contributed by atoms with Gasteiger partial charge in [0.25, 0.3) is 5.91 Å². The van der Waals surface area contributed by atoms with Gasteiger partial charge in [-0.05, 0) is 76.5 Å². The van der Waals surface area contributed by atoms with Crippen LogP contribution in [-0.2, 0) is 11.4 Å². The third-order valence-corrected chi connectivity index (χ3v) is 5.57. The molecule has 0 aliphatic rings. The van der Waals surface area contributed by atoms with Gasteiger partial charge < -0.3 is 19.9 Å². The van der Waals surface area contributed by atoms with E-state index in [1.54, 1.807) is 42.5 Å². The first-order chi connectivity index (χ1) is 15.9. The van der Waals surface area contributed by atoms with Gasteiger partial charge in [-0.1, -0.05) is 46.3 Å². The highest BCUT2D eigenvalue weighted by molar-refractivity contribution is 9.10. The van der Waals surface area contributed by atoms with Crippen LogP contribution in [-0.4, -0.2) is 23.6 Å². The number of halogens is 2. The Kier molecular flexibility index (Phi) is 8.68. The second-order valence-corrected chi connectivity index (χ2v) is 8.63. The van der Waals surface area contributed by atoms with Crippen LogP contribution < -0.4 is 14.8 Å². The average molecular weight is 575 g/mol. The predicted octanol–water partition coefficient (Wildman–Crippen LogP) is 6.04. The highest BCUT2D eigenvalue weighted by Crippen LogP contribution is 2.38. The molecule has 0 saturated heterocycles. The monoisotopic (exact) mass is 573 g/mol. The Labute approximate surface area is 208 Å². The Morgan fingerprint density at radius 1 is 1.00 bits per heavy atom. The largest absolute Gasteiger partial charge is 0.490 e. The van der Waals surface area contributed by atoms with Gasteiger partial charge in [0, 0.05) is 10.0 Å². The van der Waals surface area contributed by atoms with E-state index in [4.69, 9.17) is 9.47 Å². The van der Waals surface area contributed by atoms with Gasteiger partial charge >= 0.3 is 5.97 Å². The fraction of sp³-hybridized carbons (Fsp3) is 0.120. The van der Waals surface area contributed by atoms with Crippen LogP contribution in [0.1, 0.15) is 28.4 Å². The zero-order chi connectivity index (χ0) is 23.8. The van der Waals surface area contributed by atoms with Gasteiger partial charge in [-0.2, -0.15) is 0 Å². The molecule has 3 rings (SSSR count). The number of hydrogen-bond donors (Lipinski definition) is 2. The topological polar surface area (TPSA) is 84.9 Å². The first-order valence-corrected chi connectivity index (χ1v) is 11.6. The van der Waals surface area contributed by atoms with Crippen molar-refractivity contribution >= 4 is 49.8 Å². The number of carboxylic acid groups (broad SMARTS) is 1. The van der Waals surface area contributed by atoms with Crippen molar-refractivity contribution in [1.29, 1.82) is 0 Å². The van der Waals surface area contributed by atoms with Crippen LogP contribution in [0, 0.1) is 0 Å². The lowest BCUT2D eigenvalue weighted by atomic mass is 10.1. The number of carbonyl (C=O) groups is 2. The number of aliphatic carboxylic acids is 1. The SMILES string of the molecule is CCOc1cc(/C=C(/NC(=O)c2ccccc2)C(=O)O)cc(Br)c1OCc1ccc(Br)cc1. The molecular formula is C25H21Br2NO5. The molecule has 0 aliphatic carbocycles. The van der Waals surface area contributed by atoms with Gasteiger partial charge in [0.1, 0.15) is 12.3 Å². The van der Waals surface area contributed by atoms with Crippen LogP contribution in [0.5, 0.6) is 11.5 Å². The van der Waals surface area contributed by atoms with Crippen LogP contribution >= 0.6 is 31.9 Å². The molecule has 3 aromatic carbocycles. The first kappa shape index (κ1) is 24.5. The summed E-state index contributed by atoms with van der Waals surface area (Å²) in [5.41, 5.74) is 1.60. The predicted molar refractivity (Wildman–Crippen MR) is 133 cm³/mol. The summed E-state index contributed by atoms with van der Waals surface area (Å²) < 4.78 is 13.3. The van der Waals surface area contributed by atoms with Crippen LogP contribution in [0.25, 0.3) is 6.08 Å². The fourth-order valence-electron chi connectivity index (χ4n) is 2.91. The van der Waals surface area contributed by atoms with Gasteiger partial charge in [-0.15, -0.1) is 0 Å². The van der Waals surface area contributed by atoms with Crippen molar-refractivity contribution in [3.8, 4) is 11.5 Å². The molecule has 0 bridgehead atoms.